The lowest BCUT2D eigenvalue weighted by Gasteiger charge is -2.43. The van der Waals surface area contributed by atoms with Crippen molar-refractivity contribution in [3.8, 4) is 0 Å². The lowest BCUT2D eigenvalue weighted by Crippen LogP contribution is -2.48. The zero-order valence-corrected chi connectivity index (χ0v) is 12.9. The van der Waals surface area contributed by atoms with Gasteiger partial charge < -0.3 is 0 Å². The highest BCUT2D eigenvalue weighted by Crippen LogP contribution is 2.32. The van der Waals surface area contributed by atoms with Crippen molar-refractivity contribution in [2.24, 2.45) is 5.92 Å². The number of unbranched alkanes of at least 4 members (excludes halogenated alkanes) is 2. The molecule has 2 heteroatoms. The van der Waals surface area contributed by atoms with E-state index in [1.54, 1.807) is 0 Å². The van der Waals surface area contributed by atoms with Crippen molar-refractivity contribution in [3.05, 3.63) is 0 Å². The first-order valence-electron chi connectivity index (χ1n) is 8.48. The van der Waals surface area contributed by atoms with Gasteiger partial charge in [-0.2, -0.15) is 0 Å². The van der Waals surface area contributed by atoms with E-state index in [1.165, 1.54) is 45.1 Å². The molecule has 0 aromatic heterocycles. The number of rotatable bonds is 5. The number of nitrogens with zero attached hydrogens (tertiary/aromatic N) is 1. The van der Waals surface area contributed by atoms with Gasteiger partial charge in [0.15, 0.2) is 0 Å². The van der Waals surface area contributed by atoms with E-state index < -0.39 is 0 Å². The monoisotopic (exact) mass is 265 g/mol. The standard InChI is InChI=1S/C17H31NO/c1-3-4-5-6-15-11-12-18(14(2)13-15)16-7-9-17(19)10-8-16/h14-16H,3-13H2,1-2H3. The largest absolute Gasteiger partial charge is 0.300 e. The lowest BCUT2D eigenvalue weighted by atomic mass is 9.84. The molecule has 0 bridgehead atoms. The Morgan fingerprint density at radius 1 is 1.16 bits per heavy atom. The molecule has 0 aromatic carbocycles. The van der Waals surface area contributed by atoms with Gasteiger partial charge in [-0.05, 0) is 45.1 Å². The normalized spacial score (nSPS) is 30.7. The van der Waals surface area contributed by atoms with Gasteiger partial charge >= 0.3 is 0 Å². The Morgan fingerprint density at radius 3 is 2.53 bits per heavy atom. The number of hydrogen-bond donors (Lipinski definition) is 0. The molecule has 0 N–H and O–H groups in total. The summed E-state index contributed by atoms with van der Waals surface area (Å²) < 4.78 is 0. The molecular formula is C17H31NO. The van der Waals surface area contributed by atoms with E-state index >= 15 is 0 Å². The van der Waals surface area contributed by atoms with Gasteiger partial charge in [-0.1, -0.05) is 32.6 Å². The van der Waals surface area contributed by atoms with Crippen LogP contribution in [0.15, 0.2) is 0 Å². The van der Waals surface area contributed by atoms with Crippen molar-refractivity contribution in [2.45, 2.75) is 90.1 Å². The van der Waals surface area contributed by atoms with Crippen LogP contribution in [0, 0.1) is 5.92 Å². The molecule has 2 atom stereocenters. The Balaban J connectivity index is 1.75. The Morgan fingerprint density at radius 2 is 1.89 bits per heavy atom. The third-order valence-electron chi connectivity index (χ3n) is 5.23. The molecule has 1 heterocycles. The first-order valence-corrected chi connectivity index (χ1v) is 8.48. The molecule has 1 aliphatic heterocycles. The van der Waals surface area contributed by atoms with E-state index in [1.807, 2.05) is 0 Å². The van der Waals surface area contributed by atoms with Crippen molar-refractivity contribution in [2.75, 3.05) is 6.54 Å². The fourth-order valence-corrected chi connectivity index (χ4v) is 4.03. The molecule has 1 saturated heterocycles. The number of hydrogen-bond acceptors (Lipinski definition) is 2. The van der Waals surface area contributed by atoms with Gasteiger partial charge in [-0.15, -0.1) is 0 Å². The van der Waals surface area contributed by atoms with Crippen LogP contribution >= 0.6 is 0 Å². The maximum atomic E-state index is 11.4. The van der Waals surface area contributed by atoms with Gasteiger partial charge in [0.2, 0.25) is 0 Å². The molecule has 0 radical (unpaired) electrons. The Hall–Kier alpha value is -0.370. The Kier molecular flexibility index (Phi) is 5.87. The second kappa shape index (κ2) is 7.42. The van der Waals surface area contributed by atoms with Crippen molar-refractivity contribution >= 4 is 5.78 Å². The van der Waals surface area contributed by atoms with Crippen molar-refractivity contribution in [1.82, 2.24) is 4.90 Å². The Labute approximate surface area is 118 Å². The molecule has 0 aromatic rings. The maximum Gasteiger partial charge on any atom is 0.133 e. The molecular weight excluding hydrogens is 234 g/mol. The summed E-state index contributed by atoms with van der Waals surface area (Å²) in [5.74, 6) is 1.45. The van der Waals surface area contributed by atoms with Crippen LogP contribution in [-0.2, 0) is 4.79 Å². The summed E-state index contributed by atoms with van der Waals surface area (Å²) in [6, 6.07) is 1.43. The zero-order chi connectivity index (χ0) is 13.7. The van der Waals surface area contributed by atoms with Gasteiger partial charge in [0, 0.05) is 24.9 Å². The second-order valence-electron chi connectivity index (χ2n) is 6.74. The van der Waals surface area contributed by atoms with Gasteiger partial charge in [0.25, 0.3) is 0 Å². The summed E-state index contributed by atoms with van der Waals surface area (Å²) in [4.78, 5) is 14.1. The summed E-state index contributed by atoms with van der Waals surface area (Å²) in [7, 11) is 0. The quantitative estimate of drug-likeness (QED) is 0.695. The van der Waals surface area contributed by atoms with Crippen LogP contribution in [0.4, 0.5) is 0 Å². The number of ketones is 1. The predicted octanol–water partition coefficient (Wildman–Crippen LogP) is 4.18. The van der Waals surface area contributed by atoms with Crippen molar-refractivity contribution < 1.29 is 4.79 Å². The predicted molar refractivity (Wildman–Crippen MR) is 80.3 cm³/mol. The molecule has 2 rings (SSSR count). The van der Waals surface area contributed by atoms with E-state index in [2.05, 4.69) is 18.7 Å². The molecule has 1 saturated carbocycles. The summed E-state index contributed by atoms with van der Waals surface area (Å²) in [6.07, 6.45) is 12.3. The second-order valence-corrected chi connectivity index (χ2v) is 6.74. The van der Waals surface area contributed by atoms with E-state index in [0.29, 0.717) is 11.8 Å². The summed E-state index contributed by atoms with van der Waals surface area (Å²) >= 11 is 0. The molecule has 2 fully saturated rings. The van der Waals surface area contributed by atoms with Gasteiger partial charge in [0.05, 0.1) is 0 Å². The summed E-state index contributed by atoms with van der Waals surface area (Å²) in [6.45, 7) is 5.97. The minimum absolute atomic E-state index is 0.485. The van der Waals surface area contributed by atoms with Crippen LogP contribution in [0.1, 0.15) is 78.1 Å². The van der Waals surface area contributed by atoms with E-state index in [-0.39, 0.29) is 0 Å². The lowest BCUT2D eigenvalue weighted by molar-refractivity contribution is -0.121. The average Bonchev–Trinajstić information content (AvgIpc) is 2.41. The molecule has 2 nitrogen and oxygen atoms in total. The van der Waals surface area contributed by atoms with Crippen LogP contribution in [0.2, 0.25) is 0 Å². The van der Waals surface area contributed by atoms with Crippen LogP contribution < -0.4 is 0 Å². The van der Waals surface area contributed by atoms with Gasteiger partial charge in [0.1, 0.15) is 5.78 Å². The van der Waals surface area contributed by atoms with Gasteiger partial charge in [-0.3, -0.25) is 9.69 Å². The van der Waals surface area contributed by atoms with Gasteiger partial charge in [-0.25, -0.2) is 0 Å². The number of carbonyl (C=O) groups is 1. The number of Topliss-reactive ketones (excluding diaryl/α,β-unsaturated/α-hetero) is 1. The van der Waals surface area contributed by atoms with Crippen LogP contribution in [0.5, 0.6) is 0 Å². The third kappa shape index (κ3) is 4.30. The number of likely N-dealkylation sites (tertiary alicyclic amines) is 1. The zero-order valence-electron chi connectivity index (χ0n) is 12.9. The number of carbonyl (C=O) groups excluding carboxylic acids is 1. The molecule has 1 aliphatic carbocycles. The molecule has 0 spiro atoms. The third-order valence-corrected chi connectivity index (χ3v) is 5.23. The minimum atomic E-state index is 0.485. The topological polar surface area (TPSA) is 20.3 Å². The molecule has 19 heavy (non-hydrogen) atoms. The number of piperidine rings is 1. The van der Waals surface area contributed by atoms with Crippen molar-refractivity contribution in [3.63, 3.8) is 0 Å². The minimum Gasteiger partial charge on any atom is -0.300 e. The fraction of sp³-hybridized carbons (Fsp3) is 0.941. The molecule has 0 amide bonds. The Bertz CT molecular complexity index is 279. The van der Waals surface area contributed by atoms with Crippen LogP contribution in [0.3, 0.4) is 0 Å². The highest BCUT2D eigenvalue weighted by Gasteiger charge is 2.32. The van der Waals surface area contributed by atoms with Crippen molar-refractivity contribution in [1.29, 1.82) is 0 Å². The maximum absolute atomic E-state index is 11.4. The molecule has 2 aliphatic rings. The SMILES string of the molecule is CCCCCC1CCN(C2CCC(=O)CC2)C(C)C1. The van der Waals surface area contributed by atoms with Crippen LogP contribution in [-0.4, -0.2) is 29.3 Å². The first-order chi connectivity index (χ1) is 9.20. The smallest absolute Gasteiger partial charge is 0.133 e. The highest BCUT2D eigenvalue weighted by molar-refractivity contribution is 5.79. The molecule has 110 valence electrons. The highest BCUT2D eigenvalue weighted by atomic mass is 16.1. The van der Waals surface area contributed by atoms with E-state index in [4.69, 9.17) is 0 Å². The summed E-state index contributed by atoms with van der Waals surface area (Å²) in [5, 5.41) is 0. The molecule has 2 unspecified atom stereocenters. The van der Waals surface area contributed by atoms with Crippen LogP contribution in [0.25, 0.3) is 0 Å². The average molecular weight is 265 g/mol. The van der Waals surface area contributed by atoms with E-state index in [0.717, 1.165) is 37.6 Å². The summed E-state index contributed by atoms with van der Waals surface area (Å²) in [5.41, 5.74) is 0. The fourth-order valence-electron chi connectivity index (χ4n) is 4.03. The van der Waals surface area contributed by atoms with E-state index in [9.17, 15) is 4.79 Å². The first kappa shape index (κ1) is 15.0.